The van der Waals surface area contributed by atoms with Crippen molar-refractivity contribution >= 4 is 11.6 Å². The van der Waals surface area contributed by atoms with E-state index < -0.39 is 0 Å². The van der Waals surface area contributed by atoms with Crippen LogP contribution in [0.3, 0.4) is 0 Å². The van der Waals surface area contributed by atoms with E-state index in [1.165, 1.54) is 0 Å². The van der Waals surface area contributed by atoms with E-state index in [2.05, 4.69) is 25.7 Å². The van der Waals surface area contributed by atoms with Crippen LogP contribution in [-0.4, -0.2) is 19.1 Å². The predicted octanol–water partition coefficient (Wildman–Crippen LogP) is 4.93. The third-order valence-electron chi connectivity index (χ3n) is 3.56. The van der Waals surface area contributed by atoms with Crippen molar-refractivity contribution in [1.82, 2.24) is 0 Å². The summed E-state index contributed by atoms with van der Waals surface area (Å²) in [6.07, 6.45) is 2.70. The molecular formula is C21H25NO3. The Morgan fingerprint density at radius 2 is 1.64 bits per heavy atom. The molecule has 0 radical (unpaired) electrons. The van der Waals surface area contributed by atoms with Gasteiger partial charge in [-0.3, -0.25) is 4.79 Å². The van der Waals surface area contributed by atoms with Gasteiger partial charge in [0.2, 0.25) is 0 Å². The van der Waals surface area contributed by atoms with E-state index >= 15 is 0 Å². The molecule has 0 aromatic heterocycles. The Balaban J connectivity index is 1.88. The number of hydrogen-bond acceptors (Lipinski definition) is 3. The number of hydrogen-bond donors (Lipinski definition) is 1. The zero-order valence-electron chi connectivity index (χ0n) is 14.8. The molecule has 0 aliphatic heterocycles. The highest BCUT2D eigenvalue weighted by Gasteiger charge is 2.07. The molecule has 0 aliphatic carbocycles. The molecule has 0 spiro atoms. The zero-order chi connectivity index (χ0) is 18.1. The van der Waals surface area contributed by atoms with Crippen molar-refractivity contribution in [1.29, 1.82) is 0 Å². The number of anilines is 1. The summed E-state index contributed by atoms with van der Waals surface area (Å²) in [6, 6.07) is 14.4. The SMILES string of the molecule is C=CCOc1ccc(NC(=O)c2ccc(OCCC(C)C)cc2)cc1. The second-order valence-electron chi connectivity index (χ2n) is 6.13. The maximum atomic E-state index is 12.3. The summed E-state index contributed by atoms with van der Waals surface area (Å²) in [4.78, 5) is 12.3. The Morgan fingerprint density at radius 3 is 2.24 bits per heavy atom. The highest BCUT2D eigenvalue weighted by molar-refractivity contribution is 6.04. The molecule has 0 saturated heterocycles. The highest BCUT2D eigenvalue weighted by Crippen LogP contribution is 2.18. The van der Waals surface area contributed by atoms with Crippen molar-refractivity contribution in [3.05, 3.63) is 66.7 Å². The van der Waals surface area contributed by atoms with Gasteiger partial charge in [0.1, 0.15) is 18.1 Å². The molecule has 0 saturated carbocycles. The van der Waals surface area contributed by atoms with Crippen LogP contribution in [0, 0.1) is 5.92 Å². The second-order valence-corrected chi connectivity index (χ2v) is 6.13. The van der Waals surface area contributed by atoms with Crippen molar-refractivity contribution in [2.24, 2.45) is 5.92 Å². The van der Waals surface area contributed by atoms with E-state index in [9.17, 15) is 4.79 Å². The molecule has 0 aliphatic rings. The molecule has 2 aromatic carbocycles. The highest BCUT2D eigenvalue weighted by atomic mass is 16.5. The Labute approximate surface area is 149 Å². The number of carbonyl (C=O) groups excluding carboxylic acids is 1. The maximum Gasteiger partial charge on any atom is 0.255 e. The average molecular weight is 339 g/mol. The van der Waals surface area contributed by atoms with Crippen LogP contribution in [0.5, 0.6) is 11.5 Å². The van der Waals surface area contributed by atoms with E-state index in [1.807, 2.05) is 24.3 Å². The fraction of sp³-hybridized carbons (Fsp3) is 0.286. The Bertz CT molecular complexity index is 675. The lowest BCUT2D eigenvalue weighted by Crippen LogP contribution is -2.11. The smallest absolute Gasteiger partial charge is 0.255 e. The number of carbonyl (C=O) groups is 1. The Hall–Kier alpha value is -2.75. The van der Waals surface area contributed by atoms with Gasteiger partial charge in [0.15, 0.2) is 0 Å². The first-order valence-corrected chi connectivity index (χ1v) is 8.46. The fourth-order valence-corrected chi connectivity index (χ4v) is 2.11. The van der Waals surface area contributed by atoms with Crippen LogP contribution in [0.4, 0.5) is 5.69 Å². The summed E-state index contributed by atoms with van der Waals surface area (Å²) in [5, 5.41) is 2.86. The molecule has 25 heavy (non-hydrogen) atoms. The molecule has 4 nitrogen and oxygen atoms in total. The minimum Gasteiger partial charge on any atom is -0.494 e. The quantitative estimate of drug-likeness (QED) is 0.659. The number of ether oxygens (including phenoxy) is 2. The van der Waals surface area contributed by atoms with Crippen molar-refractivity contribution in [2.45, 2.75) is 20.3 Å². The third kappa shape index (κ3) is 6.34. The van der Waals surface area contributed by atoms with Gasteiger partial charge in [-0.1, -0.05) is 26.5 Å². The summed E-state index contributed by atoms with van der Waals surface area (Å²) < 4.78 is 11.1. The molecule has 1 amide bonds. The predicted molar refractivity (Wildman–Crippen MR) is 101 cm³/mol. The van der Waals surface area contributed by atoms with Crippen molar-refractivity contribution in [3.63, 3.8) is 0 Å². The summed E-state index contributed by atoms with van der Waals surface area (Å²) in [5.74, 6) is 1.97. The number of amides is 1. The standard InChI is InChI=1S/C21H25NO3/c1-4-14-24-20-11-7-18(8-12-20)22-21(23)17-5-9-19(10-6-17)25-15-13-16(2)3/h4-12,16H,1,13-15H2,2-3H3,(H,22,23). The topological polar surface area (TPSA) is 47.6 Å². The van der Waals surface area contributed by atoms with Crippen molar-refractivity contribution in [2.75, 3.05) is 18.5 Å². The van der Waals surface area contributed by atoms with E-state index in [4.69, 9.17) is 9.47 Å². The normalized spacial score (nSPS) is 10.4. The number of nitrogens with one attached hydrogen (secondary N) is 1. The van der Waals surface area contributed by atoms with Crippen molar-refractivity contribution < 1.29 is 14.3 Å². The Morgan fingerprint density at radius 1 is 1.04 bits per heavy atom. The zero-order valence-corrected chi connectivity index (χ0v) is 14.8. The van der Waals surface area contributed by atoms with Crippen LogP contribution < -0.4 is 14.8 Å². The van der Waals surface area contributed by atoms with Gasteiger partial charge in [-0.15, -0.1) is 0 Å². The first-order valence-electron chi connectivity index (χ1n) is 8.46. The molecule has 0 unspecified atom stereocenters. The largest absolute Gasteiger partial charge is 0.494 e. The monoisotopic (exact) mass is 339 g/mol. The summed E-state index contributed by atoms with van der Waals surface area (Å²) in [5.41, 5.74) is 1.30. The molecule has 1 N–H and O–H groups in total. The third-order valence-corrected chi connectivity index (χ3v) is 3.56. The molecular weight excluding hydrogens is 314 g/mol. The lowest BCUT2D eigenvalue weighted by atomic mass is 10.1. The molecule has 0 heterocycles. The number of rotatable bonds is 9. The van der Waals surface area contributed by atoms with Gasteiger partial charge in [0.05, 0.1) is 6.61 Å². The van der Waals surface area contributed by atoms with Crippen LogP contribution in [0.15, 0.2) is 61.2 Å². The maximum absolute atomic E-state index is 12.3. The van der Waals surface area contributed by atoms with E-state index in [-0.39, 0.29) is 5.91 Å². The molecule has 0 fully saturated rings. The lowest BCUT2D eigenvalue weighted by molar-refractivity contribution is 0.102. The van der Waals surface area contributed by atoms with Crippen LogP contribution in [-0.2, 0) is 0 Å². The molecule has 132 valence electrons. The lowest BCUT2D eigenvalue weighted by Gasteiger charge is -2.09. The minimum atomic E-state index is -0.159. The van der Waals surface area contributed by atoms with Gasteiger partial charge in [-0.05, 0) is 60.9 Å². The minimum absolute atomic E-state index is 0.159. The van der Waals surface area contributed by atoms with Gasteiger partial charge in [0, 0.05) is 11.3 Å². The first-order chi connectivity index (χ1) is 12.1. The first kappa shape index (κ1) is 18.6. The average Bonchev–Trinajstić information content (AvgIpc) is 2.61. The second kappa shape index (κ2) is 9.52. The van der Waals surface area contributed by atoms with E-state index in [0.717, 1.165) is 17.9 Å². The summed E-state index contributed by atoms with van der Waals surface area (Å²) >= 11 is 0. The molecule has 0 atom stereocenters. The van der Waals surface area contributed by atoms with Crippen LogP contribution >= 0.6 is 0 Å². The van der Waals surface area contributed by atoms with Gasteiger partial charge < -0.3 is 14.8 Å². The molecule has 4 heteroatoms. The summed E-state index contributed by atoms with van der Waals surface area (Å²) in [6.45, 7) is 9.07. The Kier molecular flexibility index (Phi) is 7.08. The van der Waals surface area contributed by atoms with Crippen LogP contribution in [0.25, 0.3) is 0 Å². The van der Waals surface area contributed by atoms with Crippen LogP contribution in [0.2, 0.25) is 0 Å². The summed E-state index contributed by atoms with van der Waals surface area (Å²) in [7, 11) is 0. The van der Waals surface area contributed by atoms with E-state index in [1.54, 1.807) is 30.3 Å². The molecule has 2 aromatic rings. The van der Waals surface area contributed by atoms with Gasteiger partial charge in [0.25, 0.3) is 5.91 Å². The number of benzene rings is 2. The van der Waals surface area contributed by atoms with Crippen molar-refractivity contribution in [3.8, 4) is 11.5 Å². The van der Waals surface area contributed by atoms with Crippen LogP contribution in [0.1, 0.15) is 30.6 Å². The molecule has 2 rings (SSSR count). The van der Waals surface area contributed by atoms with Gasteiger partial charge >= 0.3 is 0 Å². The van der Waals surface area contributed by atoms with E-state index in [0.29, 0.717) is 30.4 Å². The van der Waals surface area contributed by atoms with Gasteiger partial charge in [-0.25, -0.2) is 0 Å². The van der Waals surface area contributed by atoms with Gasteiger partial charge in [-0.2, -0.15) is 0 Å². The molecule has 0 bridgehead atoms. The fourth-order valence-electron chi connectivity index (χ4n) is 2.11.